The number of phenols is 1. The van der Waals surface area contributed by atoms with Crippen molar-refractivity contribution in [2.45, 2.75) is 26.8 Å². The summed E-state index contributed by atoms with van der Waals surface area (Å²) in [7, 11) is 1.47. The number of aryl methyl sites for hydroxylation is 1. The molecule has 1 atom stereocenters. The Morgan fingerprint density at radius 3 is 2.58 bits per heavy atom. The molecular formula is C25H24N2O5S. The lowest BCUT2D eigenvalue weighted by atomic mass is 9.95. The van der Waals surface area contributed by atoms with E-state index < -0.39 is 12.0 Å². The Labute approximate surface area is 194 Å². The zero-order chi connectivity index (χ0) is 23.7. The van der Waals surface area contributed by atoms with Crippen molar-refractivity contribution in [3.63, 3.8) is 0 Å². The molecule has 8 heteroatoms. The molecule has 7 nitrogen and oxygen atoms in total. The van der Waals surface area contributed by atoms with Gasteiger partial charge in [-0.05, 0) is 50.1 Å². The average Bonchev–Trinajstić information content (AvgIpc) is 3.08. The number of phenolic OH excluding ortho intramolecular Hbond substituents is 1. The van der Waals surface area contributed by atoms with Crippen molar-refractivity contribution in [3.8, 4) is 11.5 Å². The molecule has 0 spiro atoms. The highest BCUT2D eigenvalue weighted by Gasteiger charge is 2.33. The second-order valence-corrected chi connectivity index (χ2v) is 8.65. The highest BCUT2D eigenvalue weighted by Crippen LogP contribution is 2.31. The maximum Gasteiger partial charge on any atom is 0.338 e. The predicted molar refractivity (Wildman–Crippen MR) is 126 cm³/mol. The SMILES string of the molecule is CCOC(=O)C1=C(C)N=c2s/c(=C\c3ccc(OC)c(O)c3)c(=O)n2[C@@H]1c1ccc(C)cc1. The number of esters is 1. The van der Waals surface area contributed by atoms with Gasteiger partial charge in [0.15, 0.2) is 16.3 Å². The minimum Gasteiger partial charge on any atom is -0.504 e. The van der Waals surface area contributed by atoms with E-state index in [1.165, 1.54) is 24.5 Å². The first-order valence-corrected chi connectivity index (χ1v) is 11.3. The summed E-state index contributed by atoms with van der Waals surface area (Å²) in [5, 5.41) is 10.1. The van der Waals surface area contributed by atoms with E-state index >= 15 is 0 Å². The van der Waals surface area contributed by atoms with Crippen molar-refractivity contribution in [2.24, 2.45) is 4.99 Å². The Balaban J connectivity index is 1.93. The van der Waals surface area contributed by atoms with Crippen molar-refractivity contribution in [3.05, 3.63) is 90.1 Å². The summed E-state index contributed by atoms with van der Waals surface area (Å²) in [4.78, 5) is 31.5. The Morgan fingerprint density at radius 2 is 1.94 bits per heavy atom. The number of carbonyl (C=O) groups excluding carboxylic acids is 1. The van der Waals surface area contributed by atoms with Gasteiger partial charge in [-0.25, -0.2) is 9.79 Å². The second kappa shape index (κ2) is 9.07. The third-order valence-corrected chi connectivity index (χ3v) is 6.39. The minimum absolute atomic E-state index is 0.0167. The molecule has 2 heterocycles. The van der Waals surface area contributed by atoms with Gasteiger partial charge in [0.25, 0.3) is 5.56 Å². The van der Waals surface area contributed by atoms with Crippen LogP contribution in [0.2, 0.25) is 0 Å². The van der Waals surface area contributed by atoms with Crippen LogP contribution in [0.25, 0.3) is 6.08 Å². The number of ether oxygens (including phenoxy) is 2. The predicted octanol–water partition coefficient (Wildman–Crippen LogP) is 2.82. The summed E-state index contributed by atoms with van der Waals surface area (Å²) in [5.74, 6) is -0.154. The number of methoxy groups -OCH3 is 1. The summed E-state index contributed by atoms with van der Waals surface area (Å²) < 4.78 is 12.4. The molecule has 33 heavy (non-hydrogen) atoms. The molecule has 0 amide bonds. The first-order chi connectivity index (χ1) is 15.8. The molecule has 0 aliphatic carbocycles. The molecule has 1 aliphatic heterocycles. The third kappa shape index (κ3) is 4.21. The molecule has 170 valence electrons. The highest BCUT2D eigenvalue weighted by molar-refractivity contribution is 7.07. The highest BCUT2D eigenvalue weighted by atomic mass is 32.1. The second-order valence-electron chi connectivity index (χ2n) is 7.64. The van der Waals surface area contributed by atoms with Gasteiger partial charge >= 0.3 is 5.97 Å². The fraction of sp³-hybridized carbons (Fsp3) is 0.240. The Bertz CT molecular complexity index is 1430. The van der Waals surface area contributed by atoms with Crippen LogP contribution in [0, 0.1) is 6.92 Å². The number of nitrogens with zero attached hydrogens (tertiary/aromatic N) is 2. The first kappa shape index (κ1) is 22.5. The standard InChI is InChI=1S/C25H24N2O5S/c1-5-32-24(30)21-15(3)26-25-27(22(21)17-9-6-14(2)7-10-17)23(29)20(33-25)13-16-8-11-19(31-4)18(28)12-16/h6-13,22,28H,5H2,1-4H3/b20-13-/t22-/m1/s1. The van der Waals surface area contributed by atoms with E-state index in [0.29, 0.717) is 31.9 Å². The van der Waals surface area contributed by atoms with E-state index in [9.17, 15) is 14.7 Å². The smallest absolute Gasteiger partial charge is 0.338 e. The Kier molecular flexibility index (Phi) is 6.20. The van der Waals surface area contributed by atoms with Crippen LogP contribution >= 0.6 is 11.3 Å². The Hall–Kier alpha value is -3.65. The fourth-order valence-electron chi connectivity index (χ4n) is 3.80. The lowest BCUT2D eigenvalue weighted by Gasteiger charge is -2.24. The van der Waals surface area contributed by atoms with Crippen LogP contribution in [-0.4, -0.2) is 29.4 Å². The molecule has 1 aromatic heterocycles. The number of aromatic hydroxyl groups is 1. The van der Waals surface area contributed by atoms with Crippen LogP contribution < -0.4 is 19.6 Å². The lowest BCUT2D eigenvalue weighted by molar-refractivity contribution is -0.139. The van der Waals surface area contributed by atoms with Gasteiger partial charge in [0, 0.05) is 0 Å². The molecule has 0 saturated carbocycles. The van der Waals surface area contributed by atoms with Gasteiger partial charge < -0.3 is 14.6 Å². The molecule has 0 saturated heterocycles. The Morgan fingerprint density at radius 1 is 1.21 bits per heavy atom. The summed E-state index contributed by atoms with van der Waals surface area (Å²) in [5.41, 5.74) is 3.12. The van der Waals surface area contributed by atoms with Crippen molar-refractivity contribution >= 4 is 23.4 Å². The van der Waals surface area contributed by atoms with Crippen LogP contribution in [0.3, 0.4) is 0 Å². The summed E-state index contributed by atoms with van der Waals surface area (Å²) in [6.07, 6.45) is 1.69. The van der Waals surface area contributed by atoms with Gasteiger partial charge in [-0.2, -0.15) is 0 Å². The molecule has 3 aromatic rings. The molecule has 0 radical (unpaired) electrons. The zero-order valence-electron chi connectivity index (χ0n) is 18.8. The first-order valence-electron chi connectivity index (χ1n) is 10.5. The molecular weight excluding hydrogens is 440 g/mol. The molecule has 4 rings (SSSR count). The number of thiazole rings is 1. The van der Waals surface area contributed by atoms with Crippen LogP contribution in [0.5, 0.6) is 11.5 Å². The summed E-state index contributed by atoms with van der Waals surface area (Å²) in [6.45, 7) is 5.70. The number of fused-ring (bicyclic) bond motifs is 1. The molecule has 2 aromatic carbocycles. The lowest BCUT2D eigenvalue weighted by Crippen LogP contribution is -2.39. The summed E-state index contributed by atoms with van der Waals surface area (Å²) >= 11 is 1.23. The maximum atomic E-state index is 13.5. The minimum atomic E-state index is -0.646. The van der Waals surface area contributed by atoms with Crippen molar-refractivity contribution in [1.82, 2.24) is 4.57 Å². The summed E-state index contributed by atoms with van der Waals surface area (Å²) in [6, 6.07) is 12.0. The number of carbonyl (C=O) groups is 1. The third-order valence-electron chi connectivity index (χ3n) is 5.41. The van der Waals surface area contributed by atoms with Crippen molar-refractivity contribution in [2.75, 3.05) is 13.7 Å². The number of hydrogen-bond acceptors (Lipinski definition) is 7. The van der Waals surface area contributed by atoms with Crippen LogP contribution in [0.4, 0.5) is 0 Å². The van der Waals surface area contributed by atoms with Gasteiger partial charge in [0.05, 0.1) is 35.6 Å². The fourth-order valence-corrected chi connectivity index (χ4v) is 4.85. The van der Waals surface area contributed by atoms with Crippen molar-refractivity contribution in [1.29, 1.82) is 0 Å². The number of benzene rings is 2. The van der Waals surface area contributed by atoms with E-state index in [2.05, 4.69) is 4.99 Å². The van der Waals surface area contributed by atoms with Crippen LogP contribution in [0.1, 0.15) is 36.6 Å². The normalized spacial score (nSPS) is 15.8. The number of allylic oxidation sites excluding steroid dienone is 1. The van der Waals surface area contributed by atoms with Crippen molar-refractivity contribution < 1.29 is 19.4 Å². The number of rotatable bonds is 5. The zero-order valence-corrected chi connectivity index (χ0v) is 19.6. The number of aromatic nitrogens is 1. The van der Waals surface area contributed by atoms with Gasteiger partial charge in [0.1, 0.15) is 0 Å². The van der Waals surface area contributed by atoms with Crippen LogP contribution in [0.15, 0.2) is 63.5 Å². The van der Waals surface area contributed by atoms with Crippen LogP contribution in [-0.2, 0) is 9.53 Å². The van der Waals surface area contributed by atoms with Gasteiger partial charge in [-0.3, -0.25) is 9.36 Å². The number of hydrogen-bond donors (Lipinski definition) is 1. The largest absolute Gasteiger partial charge is 0.504 e. The molecule has 0 fully saturated rings. The van der Waals surface area contributed by atoms with E-state index in [1.807, 2.05) is 31.2 Å². The van der Waals surface area contributed by atoms with Gasteiger partial charge in [-0.15, -0.1) is 0 Å². The topological polar surface area (TPSA) is 90.1 Å². The van der Waals surface area contributed by atoms with Gasteiger partial charge in [0.2, 0.25) is 0 Å². The quantitative estimate of drug-likeness (QED) is 0.587. The van der Waals surface area contributed by atoms with E-state index in [0.717, 1.165) is 11.1 Å². The van der Waals surface area contributed by atoms with E-state index in [-0.39, 0.29) is 17.9 Å². The average molecular weight is 465 g/mol. The van der Waals surface area contributed by atoms with E-state index in [1.54, 1.807) is 36.6 Å². The monoisotopic (exact) mass is 464 g/mol. The van der Waals surface area contributed by atoms with E-state index in [4.69, 9.17) is 9.47 Å². The maximum absolute atomic E-state index is 13.5. The van der Waals surface area contributed by atoms with Gasteiger partial charge in [-0.1, -0.05) is 47.2 Å². The molecule has 0 bridgehead atoms. The molecule has 1 aliphatic rings. The molecule has 0 unspecified atom stereocenters. The molecule has 1 N–H and O–H groups in total.